The quantitative estimate of drug-likeness (QED) is 0.318. The Kier molecular flexibility index (Phi) is 7.30. The molecule has 0 aromatic heterocycles. The number of aryl methyl sites for hydroxylation is 2. The largest absolute Gasteiger partial charge is 0.465 e. The molecule has 0 saturated carbocycles. The van der Waals surface area contributed by atoms with Gasteiger partial charge in [0.2, 0.25) is 11.3 Å². The van der Waals surface area contributed by atoms with E-state index >= 15 is 0 Å². The normalized spacial score (nSPS) is 21.2. The van der Waals surface area contributed by atoms with E-state index in [1.54, 1.807) is 18.7 Å². The molecule has 0 N–H and O–H groups in total. The molecule has 1 saturated heterocycles. The molecule has 5 rings (SSSR count). The number of rotatable bonds is 7. The van der Waals surface area contributed by atoms with E-state index in [1.165, 1.54) is 0 Å². The molecule has 1 heterocycles. The summed E-state index contributed by atoms with van der Waals surface area (Å²) < 4.78 is 11.2. The summed E-state index contributed by atoms with van der Waals surface area (Å²) >= 11 is 0. The number of nitrogens with zero attached hydrogens (tertiary/aromatic N) is 1. The third-order valence-corrected chi connectivity index (χ3v) is 8.15. The summed E-state index contributed by atoms with van der Waals surface area (Å²) in [5.41, 5.74) is 3.55. The first-order valence-corrected chi connectivity index (χ1v) is 13.7. The number of amides is 1. The van der Waals surface area contributed by atoms with Crippen molar-refractivity contribution < 1.29 is 23.9 Å². The minimum absolute atomic E-state index is 0.0852. The van der Waals surface area contributed by atoms with Crippen molar-refractivity contribution in [2.24, 2.45) is 11.8 Å². The Labute approximate surface area is 229 Å². The van der Waals surface area contributed by atoms with Crippen molar-refractivity contribution in [2.75, 3.05) is 19.8 Å². The van der Waals surface area contributed by atoms with Crippen LogP contribution in [0.15, 0.2) is 72.8 Å². The molecule has 3 aromatic carbocycles. The molecule has 202 valence electrons. The number of carbonyl (C=O) groups is 3. The van der Waals surface area contributed by atoms with Crippen molar-refractivity contribution in [1.82, 2.24) is 4.90 Å². The van der Waals surface area contributed by atoms with Gasteiger partial charge in [-0.05, 0) is 49.9 Å². The number of benzene rings is 3. The van der Waals surface area contributed by atoms with Crippen molar-refractivity contribution >= 4 is 17.8 Å². The molecule has 2 aliphatic rings. The number of likely N-dealkylation sites (tertiary alicyclic amines) is 1. The molecule has 0 spiro atoms. The summed E-state index contributed by atoms with van der Waals surface area (Å²) in [5, 5.41) is 0. The van der Waals surface area contributed by atoms with E-state index in [2.05, 4.69) is 24.3 Å². The smallest absolute Gasteiger partial charge is 0.328 e. The Bertz CT molecular complexity index is 1360. The molecule has 1 amide bonds. The fourth-order valence-corrected chi connectivity index (χ4v) is 6.51. The zero-order valence-electron chi connectivity index (χ0n) is 23.0. The second-order valence-electron chi connectivity index (χ2n) is 10.6. The van der Waals surface area contributed by atoms with Crippen LogP contribution in [-0.2, 0) is 35.8 Å². The summed E-state index contributed by atoms with van der Waals surface area (Å²) in [4.78, 5) is 44.3. The lowest BCUT2D eigenvalue weighted by Gasteiger charge is -2.45. The standard InChI is InChI=1S/C33H35NO5/c1-5-38-31(36)33(32(37)39-6-2)27-18-22(4)14-17-25(27)28(24-15-12-21(3)13-16-24)26-20-34(30(35)29(26)33)19-23-10-8-7-9-11-23/h7-18,26,28-29H,5-6,19-20H2,1-4H3/t26-,28-,29+/m0/s1. The van der Waals surface area contributed by atoms with Crippen LogP contribution in [-0.4, -0.2) is 42.5 Å². The fourth-order valence-electron chi connectivity index (χ4n) is 6.51. The van der Waals surface area contributed by atoms with Gasteiger partial charge < -0.3 is 14.4 Å². The molecular formula is C33H35NO5. The molecule has 6 heteroatoms. The molecule has 3 atom stereocenters. The maximum absolute atomic E-state index is 14.4. The van der Waals surface area contributed by atoms with Crippen molar-refractivity contribution in [2.45, 2.75) is 45.6 Å². The highest BCUT2D eigenvalue weighted by Crippen LogP contribution is 2.57. The van der Waals surface area contributed by atoms with Gasteiger partial charge in [0.25, 0.3) is 0 Å². The Morgan fingerprint density at radius 3 is 2.10 bits per heavy atom. The molecule has 0 unspecified atom stereocenters. The topological polar surface area (TPSA) is 72.9 Å². The summed E-state index contributed by atoms with van der Waals surface area (Å²) in [6, 6.07) is 24.0. The first-order valence-electron chi connectivity index (χ1n) is 13.7. The molecule has 39 heavy (non-hydrogen) atoms. The van der Waals surface area contributed by atoms with Crippen LogP contribution in [0.25, 0.3) is 0 Å². The monoisotopic (exact) mass is 525 g/mol. The zero-order chi connectivity index (χ0) is 27.7. The van der Waals surface area contributed by atoms with Crippen molar-refractivity contribution in [1.29, 1.82) is 0 Å². The van der Waals surface area contributed by atoms with Crippen LogP contribution in [0.3, 0.4) is 0 Å². The lowest BCUT2D eigenvalue weighted by molar-refractivity contribution is -0.172. The van der Waals surface area contributed by atoms with Crippen LogP contribution in [0.4, 0.5) is 0 Å². The highest BCUT2D eigenvalue weighted by molar-refractivity contribution is 6.12. The number of ether oxygens (including phenoxy) is 2. The van der Waals surface area contributed by atoms with E-state index in [4.69, 9.17) is 9.47 Å². The third-order valence-electron chi connectivity index (χ3n) is 8.15. The minimum atomic E-state index is -1.89. The molecule has 0 bridgehead atoms. The fraction of sp³-hybridized carbons (Fsp3) is 0.364. The van der Waals surface area contributed by atoms with Gasteiger partial charge in [0, 0.05) is 24.9 Å². The van der Waals surface area contributed by atoms with Crippen molar-refractivity contribution in [3.8, 4) is 0 Å². The Balaban J connectivity index is 1.77. The average molecular weight is 526 g/mol. The van der Waals surface area contributed by atoms with Crippen LogP contribution in [0.5, 0.6) is 0 Å². The summed E-state index contributed by atoms with van der Waals surface area (Å²) in [7, 11) is 0. The minimum Gasteiger partial charge on any atom is -0.465 e. The van der Waals surface area contributed by atoms with E-state index < -0.39 is 23.3 Å². The highest BCUT2D eigenvalue weighted by Gasteiger charge is 2.68. The Morgan fingerprint density at radius 2 is 1.49 bits per heavy atom. The van der Waals surface area contributed by atoms with Gasteiger partial charge in [0.15, 0.2) is 0 Å². The van der Waals surface area contributed by atoms with E-state index in [-0.39, 0.29) is 31.0 Å². The Hall–Kier alpha value is -3.93. The molecule has 1 aliphatic carbocycles. The number of fused-ring (bicyclic) bond motifs is 2. The lowest BCUT2D eigenvalue weighted by atomic mass is 9.55. The molecule has 3 aromatic rings. The molecular weight excluding hydrogens is 490 g/mol. The van der Waals surface area contributed by atoms with Gasteiger partial charge in [-0.2, -0.15) is 0 Å². The van der Waals surface area contributed by atoms with E-state index in [9.17, 15) is 14.4 Å². The van der Waals surface area contributed by atoms with Crippen LogP contribution in [0.2, 0.25) is 0 Å². The third kappa shape index (κ3) is 4.42. The van der Waals surface area contributed by atoms with Crippen LogP contribution in [0.1, 0.15) is 53.1 Å². The van der Waals surface area contributed by atoms with Gasteiger partial charge in [0.05, 0.1) is 19.1 Å². The SMILES string of the molecule is CCOC(=O)C1(C(=O)OCC)c2cc(C)ccc2[C@H](c2ccc(C)cc2)[C@@H]2CN(Cc3ccccc3)C(=O)[C@@H]21. The van der Waals surface area contributed by atoms with Crippen molar-refractivity contribution in [3.63, 3.8) is 0 Å². The first-order chi connectivity index (χ1) is 18.8. The summed E-state index contributed by atoms with van der Waals surface area (Å²) in [5.74, 6) is -3.15. The first kappa shape index (κ1) is 26.7. The average Bonchev–Trinajstić information content (AvgIpc) is 3.24. The number of carbonyl (C=O) groups excluding carboxylic acids is 3. The lowest BCUT2D eigenvalue weighted by Crippen LogP contribution is -2.59. The predicted molar refractivity (Wildman–Crippen MR) is 148 cm³/mol. The van der Waals surface area contributed by atoms with E-state index in [0.717, 1.165) is 27.8 Å². The molecule has 6 nitrogen and oxygen atoms in total. The molecule has 1 fully saturated rings. The zero-order valence-corrected chi connectivity index (χ0v) is 23.0. The molecule has 0 radical (unpaired) electrons. The van der Waals surface area contributed by atoms with Crippen molar-refractivity contribution in [3.05, 3.63) is 106 Å². The predicted octanol–water partition coefficient (Wildman–Crippen LogP) is 5.09. The summed E-state index contributed by atoms with van der Waals surface area (Å²) in [6.07, 6.45) is 0. The highest BCUT2D eigenvalue weighted by atomic mass is 16.6. The number of hydrogen-bond acceptors (Lipinski definition) is 5. The van der Waals surface area contributed by atoms with Gasteiger partial charge in [0.1, 0.15) is 0 Å². The second kappa shape index (κ2) is 10.7. The Morgan fingerprint density at radius 1 is 0.872 bits per heavy atom. The summed E-state index contributed by atoms with van der Waals surface area (Å²) in [6.45, 7) is 8.35. The van der Waals surface area contributed by atoms with E-state index in [0.29, 0.717) is 18.7 Å². The second-order valence-corrected chi connectivity index (χ2v) is 10.6. The van der Waals surface area contributed by atoms with Gasteiger partial charge >= 0.3 is 11.9 Å². The number of hydrogen-bond donors (Lipinski definition) is 0. The molecule has 1 aliphatic heterocycles. The maximum Gasteiger partial charge on any atom is 0.328 e. The van der Waals surface area contributed by atoms with Gasteiger partial charge in [-0.15, -0.1) is 0 Å². The van der Waals surface area contributed by atoms with Crippen LogP contribution >= 0.6 is 0 Å². The van der Waals surface area contributed by atoms with Gasteiger partial charge in [-0.3, -0.25) is 14.4 Å². The van der Waals surface area contributed by atoms with Gasteiger partial charge in [-0.1, -0.05) is 83.9 Å². The van der Waals surface area contributed by atoms with E-state index in [1.807, 2.05) is 62.4 Å². The van der Waals surface area contributed by atoms with Crippen LogP contribution in [0, 0.1) is 25.7 Å². The number of esters is 2. The van der Waals surface area contributed by atoms with Gasteiger partial charge in [-0.25, -0.2) is 0 Å². The van der Waals surface area contributed by atoms with Crippen LogP contribution < -0.4 is 0 Å². The maximum atomic E-state index is 14.4.